The molecule has 3 heteroatoms. The zero-order valence-corrected chi connectivity index (χ0v) is 8.05. The second kappa shape index (κ2) is 3.56. The van der Waals surface area contributed by atoms with Crippen molar-refractivity contribution < 1.29 is 4.74 Å². The number of benzene rings is 1. The average molecular weight is 198 g/mol. The molecule has 0 aliphatic carbocycles. The summed E-state index contributed by atoms with van der Waals surface area (Å²) >= 11 is 6.02. The van der Waals surface area contributed by atoms with Crippen LogP contribution in [0.1, 0.15) is 12.0 Å². The van der Waals surface area contributed by atoms with E-state index >= 15 is 0 Å². The molecule has 1 aliphatic heterocycles. The maximum absolute atomic E-state index is 6.02. The van der Waals surface area contributed by atoms with Gasteiger partial charge in [0.1, 0.15) is 11.9 Å². The predicted octanol–water partition coefficient (Wildman–Crippen LogP) is 1.99. The monoisotopic (exact) mass is 197 g/mol. The van der Waals surface area contributed by atoms with Crippen molar-refractivity contribution in [2.75, 3.05) is 6.54 Å². The van der Waals surface area contributed by atoms with Gasteiger partial charge in [0.05, 0.1) is 0 Å². The van der Waals surface area contributed by atoms with E-state index in [9.17, 15) is 0 Å². The number of rotatable bonds is 2. The fourth-order valence-corrected chi connectivity index (χ4v) is 1.89. The molecule has 0 spiro atoms. The van der Waals surface area contributed by atoms with Gasteiger partial charge in [-0.15, -0.1) is 0 Å². The van der Waals surface area contributed by atoms with E-state index in [1.807, 2.05) is 18.2 Å². The first-order valence-electron chi connectivity index (χ1n) is 4.45. The largest absolute Gasteiger partial charge is 0.490 e. The van der Waals surface area contributed by atoms with Crippen LogP contribution in [0.4, 0.5) is 0 Å². The lowest BCUT2D eigenvalue weighted by atomic mass is 10.1. The van der Waals surface area contributed by atoms with E-state index < -0.39 is 0 Å². The van der Waals surface area contributed by atoms with Gasteiger partial charge < -0.3 is 10.5 Å². The predicted molar refractivity (Wildman–Crippen MR) is 53.2 cm³/mol. The molecule has 0 aromatic heterocycles. The second-order valence-corrected chi connectivity index (χ2v) is 3.65. The molecule has 0 bridgehead atoms. The van der Waals surface area contributed by atoms with Gasteiger partial charge in [0.2, 0.25) is 0 Å². The molecule has 1 aromatic carbocycles. The Bertz CT molecular complexity index is 314. The highest BCUT2D eigenvalue weighted by atomic mass is 35.5. The molecule has 0 fully saturated rings. The maximum atomic E-state index is 6.02. The van der Waals surface area contributed by atoms with Crippen molar-refractivity contribution in [1.29, 1.82) is 0 Å². The Morgan fingerprint density at radius 1 is 1.54 bits per heavy atom. The van der Waals surface area contributed by atoms with Gasteiger partial charge >= 0.3 is 0 Å². The second-order valence-electron chi connectivity index (χ2n) is 3.24. The molecule has 0 radical (unpaired) electrons. The zero-order chi connectivity index (χ0) is 9.26. The van der Waals surface area contributed by atoms with Crippen LogP contribution in [0.2, 0.25) is 5.02 Å². The highest BCUT2D eigenvalue weighted by Crippen LogP contribution is 2.34. The fourth-order valence-electron chi connectivity index (χ4n) is 1.64. The van der Waals surface area contributed by atoms with Crippen molar-refractivity contribution in [3.8, 4) is 5.75 Å². The molecule has 0 amide bonds. The van der Waals surface area contributed by atoms with Crippen molar-refractivity contribution >= 4 is 11.6 Å². The van der Waals surface area contributed by atoms with Crippen molar-refractivity contribution in [2.24, 2.45) is 5.73 Å². The molecule has 70 valence electrons. The smallest absolute Gasteiger partial charge is 0.124 e. The van der Waals surface area contributed by atoms with E-state index in [4.69, 9.17) is 22.1 Å². The number of hydrogen-bond acceptors (Lipinski definition) is 2. The SMILES string of the molecule is NCCC1Cc2c(Cl)cccc2O1. The molecule has 1 unspecified atom stereocenters. The fraction of sp³-hybridized carbons (Fsp3) is 0.400. The molecule has 13 heavy (non-hydrogen) atoms. The number of hydrogen-bond donors (Lipinski definition) is 1. The standard InChI is InChI=1S/C10H12ClNO/c11-9-2-1-3-10-8(9)6-7(13-10)4-5-12/h1-3,7H,4-6,12H2. The van der Waals surface area contributed by atoms with Crippen LogP contribution < -0.4 is 10.5 Å². The lowest BCUT2D eigenvalue weighted by Gasteiger charge is -2.07. The Balaban J connectivity index is 2.20. The Hall–Kier alpha value is -0.730. The van der Waals surface area contributed by atoms with Gasteiger partial charge in [-0.1, -0.05) is 17.7 Å². The van der Waals surface area contributed by atoms with Crippen LogP contribution in [0.3, 0.4) is 0 Å². The summed E-state index contributed by atoms with van der Waals surface area (Å²) in [7, 11) is 0. The van der Waals surface area contributed by atoms with E-state index in [1.165, 1.54) is 0 Å². The lowest BCUT2D eigenvalue weighted by molar-refractivity contribution is 0.224. The van der Waals surface area contributed by atoms with Crippen LogP contribution in [0.15, 0.2) is 18.2 Å². The highest BCUT2D eigenvalue weighted by molar-refractivity contribution is 6.31. The third-order valence-corrected chi connectivity index (χ3v) is 2.64. The van der Waals surface area contributed by atoms with Crippen molar-refractivity contribution in [3.05, 3.63) is 28.8 Å². The lowest BCUT2D eigenvalue weighted by Crippen LogP contribution is -2.17. The molecule has 2 N–H and O–H groups in total. The van der Waals surface area contributed by atoms with E-state index in [0.29, 0.717) is 6.54 Å². The summed E-state index contributed by atoms with van der Waals surface area (Å²) in [6.07, 6.45) is 2.01. The Morgan fingerprint density at radius 2 is 2.38 bits per heavy atom. The molecule has 1 aromatic rings. The molecule has 0 saturated carbocycles. The van der Waals surface area contributed by atoms with Gasteiger partial charge in [-0.3, -0.25) is 0 Å². The summed E-state index contributed by atoms with van der Waals surface area (Å²) in [5, 5.41) is 0.803. The molecule has 2 rings (SSSR count). The summed E-state index contributed by atoms with van der Waals surface area (Å²) < 4.78 is 5.66. The normalized spacial score (nSPS) is 19.7. The molecule has 1 atom stereocenters. The van der Waals surface area contributed by atoms with Crippen molar-refractivity contribution in [3.63, 3.8) is 0 Å². The minimum absolute atomic E-state index is 0.222. The van der Waals surface area contributed by atoms with E-state index in [2.05, 4.69) is 0 Å². The van der Waals surface area contributed by atoms with Gasteiger partial charge in [-0.2, -0.15) is 0 Å². The summed E-state index contributed by atoms with van der Waals surface area (Å²) in [6, 6.07) is 5.76. The molecule has 1 aliphatic rings. The van der Waals surface area contributed by atoms with Crippen LogP contribution in [-0.4, -0.2) is 12.6 Å². The molecular weight excluding hydrogens is 186 g/mol. The molecular formula is C10H12ClNO. The summed E-state index contributed by atoms with van der Waals surface area (Å²) in [4.78, 5) is 0. The number of halogens is 1. The number of nitrogens with two attached hydrogens (primary N) is 1. The van der Waals surface area contributed by atoms with Gasteiger partial charge in [0.15, 0.2) is 0 Å². The first-order valence-corrected chi connectivity index (χ1v) is 4.83. The number of fused-ring (bicyclic) bond motifs is 1. The highest BCUT2D eigenvalue weighted by Gasteiger charge is 2.23. The van der Waals surface area contributed by atoms with Gasteiger partial charge in [0.25, 0.3) is 0 Å². The summed E-state index contributed by atoms with van der Waals surface area (Å²) in [5.41, 5.74) is 6.60. The Kier molecular flexibility index (Phi) is 2.42. The van der Waals surface area contributed by atoms with Crippen LogP contribution in [0.5, 0.6) is 5.75 Å². The first-order chi connectivity index (χ1) is 6.31. The first kappa shape index (κ1) is 8.85. The minimum atomic E-state index is 0.222. The Labute approximate surface area is 82.6 Å². The maximum Gasteiger partial charge on any atom is 0.124 e. The van der Waals surface area contributed by atoms with Crippen LogP contribution in [-0.2, 0) is 6.42 Å². The Morgan fingerprint density at radius 3 is 3.08 bits per heavy atom. The van der Waals surface area contributed by atoms with Crippen LogP contribution >= 0.6 is 11.6 Å². The molecule has 0 saturated heterocycles. The van der Waals surface area contributed by atoms with Crippen LogP contribution in [0, 0.1) is 0 Å². The quantitative estimate of drug-likeness (QED) is 0.787. The molecule has 2 nitrogen and oxygen atoms in total. The zero-order valence-electron chi connectivity index (χ0n) is 7.29. The van der Waals surface area contributed by atoms with Crippen LogP contribution in [0.25, 0.3) is 0 Å². The third-order valence-electron chi connectivity index (χ3n) is 2.29. The van der Waals surface area contributed by atoms with E-state index in [-0.39, 0.29) is 6.10 Å². The van der Waals surface area contributed by atoms with Gasteiger partial charge in [-0.25, -0.2) is 0 Å². The summed E-state index contributed by atoms with van der Waals surface area (Å²) in [5.74, 6) is 0.922. The third kappa shape index (κ3) is 1.64. The summed E-state index contributed by atoms with van der Waals surface area (Å²) in [6.45, 7) is 0.663. The van der Waals surface area contributed by atoms with Crippen molar-refractivity contribution in [2.45, 2.75) is 18.9 Å². The topological polar surface area (TPSA) is 35.2 Å². The minimum Gasteiger partial charge on any atom is -0.490 e. The average Bonchev–Trinajstić information content (AvgIpc) is 2.49. The number of ether oxygens (including phenoxy) is 1. The molecule has 1 heterocycles. The van der Waals surface area contributed by atoms with Gasteiger partial charge in [-0.05, 0) is 25.1 Å². The van der Waals surface area contributed by atoms with E-state index in [0.717, 1.165) is 29.2 Å². The van der Waals surface area contributed by atoms with E-state index in [1.54, 1.807) is 0 Å². The van der Waals surface area contributed by atoms with Crippen molar-refractivity contribution in [1.82, 2.24) is 0 Å². The van der Waals surface area contributed by atoms with Gasteiger partial charge in [0, 0.05) is 17.0 Å².